The zero-order valence-electron chi connectivity index (χ0n) is 12.0. The summed E-state index contributed by atoms with van der Waals surface area (Å²) in [5.41, 5.74) is -0.129. The van der Waals surface area contributed by atoms with Crippen molar-refractivity contribution in [1.29, 1.82) is 0 Å². The second-order valence-electron chi connectivity index (χ2n) is 4.36. The van der Waals surface area contributed by atoms with Gasteiger partial charge in [0.05, 0.1) is 6.61 Å². The van der Waals surface area contributed by atoms with Crippen LogP contribution in [0.3, 0.4) is 0 Å². The van der Waals surface area contributed by atoms with Gasteiger partial charge in [0.1, 0.15) is 17.5 Å². The molecule has 0 radical (unpaired) electrons. The molecule has 116 valence electrons. The minimum absolute atomic E-state index is 0.0919. The van der Waals surface area contributed by atoms with Crippen LogP contribution >= 0.6 is 0 Å². The molecule has 7 heteroatoms. The van der Waals surface area contributed by atoms with E-state index in [1.807, 2.05) is 0 Å². The first-order valence-corrected chi connectivity index (χ1v) is 6.59. The highest BCUT2D eigenvalue weighted by Gasteiger charge is 2.28. The van der Waals surface area contributed by atoms with Gasteiger partial charge in [0.25, 0.3) is 0 Å². The van der Waals surface area contributed by atoms with E-state index in [0.29, 0.717) is 11.9 Å². The van der Waals surface area contributed by atoms with Crippen LogP contribution in [0, 0.1) is 18.6 Å². The van der Waals surface area contributed by atoms with Crippen LogP contribution in [0.15, 0.2) is 30.5 Å². The van der Waals surface area contributed by atoms with Crippen molar-refractivity contribution in [3.8, 4) is 5.88 Å². The molecule has 0 saturated carbocycles. The number of esters is 1. The number of halogens is 2. The van der Waals surface area contributed by atoms with E-state index < -0.39 is 23.7 Å². The maximum atomic E-state index is 13.9. The molecule has 1 heterocycles. The summed E-state index contributed by atoms with van der Waals surface area (Å²) in [6.45, 7) is 3.36. The third-order valence-corrected chi connectivity index (χ3v) is 2.73. The first kappa shape index (κ1) is 15.8. The maximum Gasteiger partial charge on any atom is 0.352 e. The summed E-state index contributed by atoms with van der Waals surface area (Å²) in [6.07, 6.45) is 0.0656. The zero-order chi connectivity index (χ0) is 16.1. The van der Waals surface area contributed by atoms with Crippen LogP contribution in [0.4, 0.5) is 8.78 Å². The van der Waals surface area contributed by atoms with E-state index in [2.05, 4.69) is 9.97 Å². The van der Waals surface area contributed by atoms with Gasteiger partial charge in [-0.2, -0.15) is 4.98 Å². The van der Waals surface area contributed by atoms with Crippen molar-refractivity contribution < 1.29 is 23.0 Å². The molecule has 5 nitrogen and oxygen atoms in total. The number of aromatic nitrogens is 2. The molecule has 22 heavy (non-hydrogen) atoms. The second kappa shape index (κ2) is 6.93. The molecule has 0 amide bonds. The van der Waals surface area contributed by atoms with Crippen molar-refractivity contribution in [2.75, 3.05) is 6.61 Å². The molecule has 0 aliphatic rings. The average Bonchev–Trinajstić information content (AvgIpc) is 2.46. The smallest absolute Gasteiger partial charge is 0.352 e. The molecule has 1 unspecified atom stereocenters. The van der Waals surface area contributed by atoms with Crippen molar-refractivity contribution in [2.24, 2.45) is 0 Å². The molecule has 1 aromatic heterocycles. The Morgan fingerprint density at radius 3 is 2.73 bits per heavy atom. The van der Waals surface area contributed by atoms with Gasteiger partial charge in [-0.05, 0) is 26.0 Å². The van der Waals surface area contributed by atoms with Crippen molar-refractivity contribution in [3.63, 3.8) is 0 Å². The molecular weight excluding hydrogens is 294 g/mol. The van der Waals surface area contributed by atoms with Crippen LogP contribution in [0.25, 0.3) is 0 Å². The lowest BCUT2D eigenvalue weighted by atomic mass is 10.1. The second-order valence-corrected chi connectivity index (χ2v) is 4.36. The van der Waals surface area contributed by atoms with Gasteiger partial charge in [-0.3, -0.25) is 0 Å². The number of ether oxygens (including phenoxy) is 2. The molecule has 0 spiro atoms. The van der Waals surface area contributed by atoms with Crippen molar-refractivity contribution in [3.05, 3.63) is 53.5 Å². The molecule has 0 aliphatic heterocycles. The Labute approximate surface area is 125 Å². The Kier molecular flexibility index (Phi) is 4.98. The van der Waals surface area contributed by atoms with E-state index in [1.165, 1.54) is 12.3 Å². The van der Waals surface area contributed by atoms with Gasteiger partial charge in [0.15, 0.2) is 0 Å². The first-order chi connectivity index (χ1) is 10.5. The average molecular weight is 308 g/mol. The Bertz CT molecular complexity index is 680. The van der Waals surface area contributed by atoms with Gasteiger partial charge < -0.3 is 9.47 Å². The zero-order valence-corrected chi connectivity index (χ0v) is 12.0. The number of hydrogen-bond acceptors (Lipinski definition) is 5. The molecule has 0 bridgehead atoms. The minimum Gasteiger partial charge on any atom is -0.463 e. The summed E-state index contributed by atoms with van der Waals surface area (Å²) in [6, 6.07) is 4.29. The van der Waals surface area contributed by atoms with Crippen LogP contribution in [-0.2, 0) is 9.53 Å². The number of benzene rings is 1. The summed E-state index contributed by atoms with van der Waals surface area (Å²) >= 11 is 0. The highest BCUT2D eigenvalue weighted by Crippen LogP contribution is 2.25. The van der Waals surface area contributed by atoms with E-state index in [4.69, 9.17) is 9.47 Å². The van der Waals surface area contributed by atoms with Crippen LogP contribution in [0.1, 0.15) is 24.4 Å². The predicted molar refractivity (Wildman–Crippen MR) is 73.1 cm³/mol. The Morgan fingerprint density at radius 2 is 2.09 bits per heavy atom. The largest absolute Gasteiger partial charge is 0.463 e. The Morgan fingerprint density at radius 1 is 1.32 bits per heavy atom. The number of nitrogens with zero attached hydrogens (tertiary/aromatic N) is 2. The first-order valence-electron chi connectivity index (χ1n) is 6.59. The molecular formula is C15H14F2N2O3. The van der Waals surface area contributed by atoms with Crippen molar-refractivity contribution >= 4 is 5.97 Å². The molecule has 0 aliphatic carbocycles. The number of aryl methyl sites for hydroxylation is 1. The molecule has 1 aromatic carbocycles. The molecule has 0 N–H and O–H groups in total. The topological polar surface area (TPSA) is 61.3 Å². The molecule has 0 saturated heterocycles. The third kappa shape index (κ3) is 3.75. The van der Waals surface area contributed by atoms with Crippen molar-refractivity contribution in [2.45, 2.75) is 20.0 Å². The lowest BCUT2D eigenvalue weighted by molar-refractivity contribution is -0.152. The van der Waals surface area contributed by atoms with Gasteiger partial charge in [-0.1, -0.05) is 0 Å². The van der Waals surface area contributed by atoms with Crippen LogP contribution in [0.5, 0.6) is 5.88 Å². The summed E-state index contributed by atoms with van der Waals surface area (Å²) in [4.78, 5) is 19.9. The third-order valence-electron chi connectivity index (χ3n) is 2.73. The van der Waals surface area contributed by atoms with Gasteiger partial charge in [-0.15, -0.1) is 0 Å². The SMILES string of the molecule is CCOC(=O)C(Oc1ccnc(C)n1)c1ccc(F)cc1F. The quantitative estimate of drug-likeness (QED) is 0.795. The van der Waals surface area contributed by atoms with Gasteiger partial charge in [0.2, 0.25) is 12.0 Å². The maximum absolute atomic E-state index is 13.9. The monoisotopic (exact) mass is 308 g/mol. The Balaban J connectivity index is 2.36. The number of hydrogen-bond donors (Lipinski definition) is 0. The lowest BCUT2D eigenvalue weighted by Gasteiger charge is -2.18. The molecule has 1 atom stereocenters. The van der Waals surface area contributed by atoms with Gasteiger partial charge >= 0.3 is 5.97 Å². The summed E-state index contributed by atoms with van der Waals surface area (Å²) in [5, 5.41) is 0. The van der Waals surface area contributed by atoms with Gasteiger partial charge in [-0.25, -0.2) is 18.6 Å². The van der Waals surface area contributed by atoms with E-state index in [1.54, 1.807) is 13.8 Å². The van der Waals surface area contributed by atoms with E-state index in [0.717, 1.165) is 12.1 Å². The van der Waals surface area contributed by atoms with E-state index in [-0.39, 0.29) is 18.1 Å². The van der Waals surface area contributed by atoms with E-state index in [9.17, 15) is 13.6 Å². The fraction of sp³-hybridized carbons (Fsp3) is 0.267. The molecule has 2 rings (SSSR count). The number of rotatable bonds is 5. The summed E-state index contributed by atoms with van der Waals surface area (Å²) < 4.78 is 37.3. The van der Waals surface area contributed by atoms with Gasteiger partial charge in [0, 0.05) is 23.9 Å². The van der Waals surface area contributed by atoms with Crippen molar-refractivity contribution in [1.82, 2.24) is 9.97 Å². The number of carbonyl (C=O) groups excluding carboxylic acids is 1. The fourth-order valence-electron chi connectivity index (χ4n) is 1.79. The highest BCUT2D eigenvalue weighted by atomic mass is 19.1. The normalized spacial score (nSPS) is 11.8. The van der Waals surface area contributed by atoms with Crippen LogP contribution < -0.4 is 4.74 Å². The molecule has 2 aromatic rings. The summed E-state index contributed by atoms with van der Waals surface area (Å²) in [7, 11) is 0. The number of carbonyl (C=O) groups is 1. The standard InChI is InChI=1S/C15H14F2N2O3/c1-3-21-15(20)14(11-5-4-10(16)8-12(11)17)22-13-6-7-18-9(2)19-13/h4-8,14H,3H2,1-2H3. The van der Waals surface area contributed by atoms with Crippen LogP contribution in [0.2, 0.25) is 0 Å². The predicted octanol–water partition coefficient (Wildman–Crippen LogP) is 2.75. The van der Waals surface area contributed by atoms with E-state index >= 15 is 0 Å². The lowest BCUT2D eigenvalue weighted by Crippen LogP contribution is -2.23. The summed E-state index contributed by atoms with van der Waals surface area (Å²) in [5.74, 6) is -1.91. The Hall–Kier alpha value is -2.57. The highest BCUT2D eigenvalue weighted by molar-refractivity contribution is 5.77. The fourth-order valence-corrected chi connectivity index (χ4v) is 1.79. The molecule has 0 fully saturated rings. The minimum atomic E-state index is -1.38. The van der Waals surface area contributed by atoms with Crippen LogP contribution in [-0.4, -0.2) is 22.5 Å².